The molecule has 1 heterocycles. The molecule has 0 aromatic heterocycles. The summed E-state index contributed by atoms with van der Waals surface area (Å²) in [7, 11) is 1.60. The zero-order valence-corrected chi connectivity index (χ0v) is 21.7. The van der Waals surface area contributed by atoms with Gasteiger partial charge in [0.2, 0.25) is 0 Å². The first-order chi connectivity index (χ1) is 18.6. The van der Waals surface area contributed by atoms with Gasteiger partial charge in [-0.3, -0.25) is 4.79 Å². The first kappa shape index (κ1) is 28.6. The first-order valence-corrected chi connectivity index (χ1v) is 12.9. The number of likely N-dealkylation sites (tertiary alicyclic amines) is 1. The minimum absolute atomic E-state index is 0.0440. The fraction of sp³-hybridized carbons (Fsp3) is 0.367. The van der Waals surface area contributed by atoms with Crippen LogP contribution in [0.4, 0.5) is 23.2 Å². The Hall–Kier alpha value is -3.43. The van der Waals surface area contributed by atoms with E-state index < -0.39 is 23.2 Å². The van der Waals surface area contributed by atoms with E-state index in [2.05, 4.69) is 10.2 Å². The van der Waals surface area contributed by atoms with E-state index in [1.165, 1.54) is 24.3 Å². The summed E-state index contributed by atoms with van der Waals surface area (Å²) in [6, 6.07) is 16.9. The van der Waals surface area contributed by atoms with Crippen LogP contribution in [0.5, 0.6) is 5.75 Å². The Balaban J connectivity index is 1.23. The van der Waals surface area contributed by atoms with Crippen molar-refractivity contribution in [2.45, 2.75) is 44.0 Å². The molecule has 2 N–H and O–H groups in total. The monoisotopic (exact) mass is 544 g/mol. The van der Waals surface area contributed by atoms with Gasteiger partial charge < -0.3 is 20.1 Å². The van der Waals surface area contributed by atoms with Crippen molar-refractivity contribution >= 4 is 11.5 Å². The number of ketones is 1. The van der Waals surface area contributed by atoms with Gasteiger partial charge in [0.25, 0.3) is 0 Å². The number of rotatable bonds is 10. The Bertz CT molecular complexity index is 1270. The minimum Gasteiger partial charge on any atom is -0.497 e. The quantitative estimate of drug-likeness (QED) is 0.228. The largest absolute Gasteiger partial charge is 0.497 e. The van der Waals surface area contributed by atoms with E-state index in [-0.39, 0.29) is 23.3 Å². The van der Waals surface area contributed by atoms with E-state index in [1.54, 1.807) is 13.2 Å². The van der Waals surface area contributed by atoms with Crippen molar-refractivity contribution in [3.05, 3.63) is 94.8 Å². The lowest BCUT2D eigenvalue weighted by molar-refractivity contribution is -0.137. The van der Waals surface area contributed by atoms with E-state index in [1.807, 2.05) is 24.3 Å². The number of piperidine rings is 1. The number of nitrogens with one attached hydrogen (secondary N) is 1. The molecule has 0 atom stereocenters. The second-order valence-electron chi connectivity index (χ2n) is 9.87. The van der Waals surface area contributed by atoms with Crippen LogP contribution >= 0.6 is 0 Å². The van der Waals surface area contributed by atoms with Crippen molar-refractivity contribution in [1.29, 1.82) is 0 Å². The number of ether oxygens (including phenoxy) is 1. The van der Waals surface area contributed by atoms with Crippen LogP contribution in [0.25, 0.3) is 0 Å². The highest BCUT2D eigenvalue weighted by Crippen LogP contribution is 2.36. The van der Waals surface area contributed by atoms with Gasteiger partial charge in [-0.05, 0) is 79.4 Å². The molecule has 208 valence electrons. The van der Waals surface area contributed by atoms with Gasteiger partial charge in [-0.15, -0.1) is 0 Å². The third-order valence-corrected chi connectivity index (χ3v) is 7.21. The molecule has 0 aliphatic carbocycles. The predicted molar refractivity (Wildman–Crippen MR) is 141 cm³/mol. The lowest BCUT2D eigenvalue weighted by Gasteiger charge is -2.38. The standard InChI is InChI=1S/C30H32F4N2O3/c1-39-25-10-7-21(8-11-25)20-35-24-9-12-26(27(31)19-24)28(37)6-3-15-36-16-13-29(38,14-17-36)22-4-2-5-23(18-22)30(32,33)34/h2,4-5,7-12,18-19,35,38H,3,6,13-17,20H2,1H3. The molecule has 0 amide bonds. The van der Waals surface area contributed by atoms with Gasteiger partial charge in [0, 0.05) is 31.7 Å². The number of nitrogens with zero attached hydrogens (tertiary/aromatic N) is 1. The summed E-state index contributed by atoms with van der Waals surface area (Å²) in [6.45, 7) is 2.05. The minimum atomic E-state index is -4.47. The zero-order valence-electron chi connectivity index (χ0n) is 21.7. The summed E-state index contributed by atoms with van der Waals surface area (Å²) in [5.74, 6) is -0.111. The van der Waals surface area contributed by atoms with Gasteiger partial charge in [-0.2, -0.15) is 13.2 Å². The molecule has 1 saturated heterocycles. The van der Waals surface area contributed by atoms with Crippen LogP contribution in [0.1, 0.15) is 52.7 Å². The second kappa shape index (κ2) is 12.2. The third-order valence-electron chi connectivity index (χ3n) is 7.21. The maximum absolute atomic E-state index is 14.7. The smallest absolute Gasteiger partial charge is 0.416 e. The molecule has 1 aliphatic heterocycles. The maximum atomic E-state index is 14.7. The van der Waals surface area contributed by atoms with Crippen LogP contribution in [0, 0.1) is 5.82 Å². The summed E-state index contributed by atoms with van der Waals surface area (Å²) < 4.78 is 59.0. The molecular weight excluding hydrogens is 512 g/mol. The number of anilines is 1. The van der Waals surface area contributed by atoms with Crippen molar-refractivity contribution in [3.8, 4) is 5.75 Å². The fourth-order valence-corrected chi connectivity index (χ4v) is 4.82. The van der Waals surface area contributed by atoms with Crippen LogP contribution < -0.4 is 10.1 Å². The molecule has 0 saturated carbocycles. The molecule has 1 fully saturated rings. The highest BCUT2D eigenvalue weighted by atomic mass is 19.4. The predicted octanol–water partition coefficient (Wildman–Crippen LogP) is 6.41. The van der Waals surface area contributed by atoms with Gasteiger partial charge in [0.05, 0.1) is 23.8 Å². The van der Waals surface area contributed by atoms with E-state index >= 15 is 0 Å². The van der Waals surface area contributed by atoms with Crippen LogP contribution in [0.15, 0.2) is 66.7 Å². The number of methoxy groups -OCH3 is 1. The summed E-state index contributed by atoms with van der Waals surface area (Å²) in [5.41, 5.74) is -0.210. The summed E-state index contributed by atoms with van der Waals surface area (Å²) in [5, 5.41) is 14.1. The molecular formula is C30H32F4N2O3. The van der Waals surface area contributed by atoms with Crippen LogP contribution in [0.2, 0.25) is 0 Å². The number of alkyl halides is 3. The van der Waals surface area contributed by atoms with E-state index in [4.69, 9.17) is 4.74 Å². The summed E-state index contributed by atoms with van der Waals surface area (Å²) in [6.07, 6.45) is -3.20. The Morgan fingerprint density at radius 2 is 1.77 bits per heavy atom. The Kier molecular flexibility index (Phi) is 8.92. The number of Topliss-reactive ketones (excluding diaryl/α,β-unsaturated/α-hetero) is 1. The van der Waals surface area contributed by atoms with E-state index in [0.717, 1.165) is 23.4 Å². The normalized spacial score (nSPS) is 15.6. The number of halogens is 4. The highest BCUT2D eigenvalue weighted by molar-refractivity contribution is 5.96. The number of carbonyl (C=O) groups is 1. The van der Waals surface area contributed by atoms with E-state index in [0.29, 0.717) is 51.1 Å². The molecule has 3 aromatic carbocycles. The third kappa shape index (κ3) is 7.36. The maximum Gasteiger partial charge on any atom is 0.416 e. The van der Waals surface area contributed by atoms with Crippen molar-refractivity contribution in [1.82, 2.24) is 4.90 Å². The van der Waals surface area contributed by atoms with Crippen molar-refractivity contribution in [2.75, 3.05) is 32.1 Å². The number of hydrogen-bond donors (Lipinski definition) is 2. The topological polar surface area (TPSA) is 61.8 Å². The van der Waals surface area contributed by atoms with Gasteiger partial charge in [0.15, 0.2) is 5.78 Å². The molecule has 0 bridgehead atoms. The SMILES string of the molecule is COc1ccc(CNc2ccc(C(=O)CCCN3CCC(O)(c4cccc(C(F)(F)F)c4)CC3)c(F)c2)cc1. The van der Waals surface area contributed by atoms with Crippen molar-refractivity contribution in [3.63, 3.8) is 0 Å². The number of aliphatic hydroxyl groups is 1. The summed E-state index contributed by atoms with van der Waals surface area (Å²) >= 11 is 0. The molecule has 9 heteroatoms. The lowest BCUT2D eigenvalue weighted by atomic mass is 9.83. The number of hydrogen-bond acceptors (Lipinski definition) is 5. The van der Waals surface area contributed by atoms with Gasteiger partial charge in [-0.1, -0.05) is 24.3 Å². The van der Waals surface area contributed by atoms with Crippen LogP contribution in [0.3, 0.4) is 0 Å². The summed E-state index contributed by atoms with van der Waals surface area (Å²) in [4.78, 5) is 14.7. The van der Waals surface area contributed by atoms with Crippen LogP contribution in [-0.2, 0) is 18.3 Å². The number of carbonyl (C=O) groups excluding carboxylic acids is 1. The molecule has 0 radical (unpaired) electrons. The average Bonchev–Trinajstić information content (AvgIpc) is 2.93. The first-order valence-electron chi connectivity index (χ1n) is 12.9. The van der Waals surface area contributed by atoms with Gasteiger partial charge in [0.1, 0.15) is 11.6 Å². The van der Waals surface area contributed by atoms with Gasteiger partial charge in [-0.25, -0.2) is 4.39 Å². The molecule has 4 rings (SSSR count). The van der Waals surface area contributed by atoms with Crippen molar-refractivity contribution < 1.29 is 32.2 Å². The van der Waals surface area contributed by atoms with E-state index in [9.17, 15) is 27.5 Å². The lowest BCUT2D eigenvalue weighted by Crippen LogP contribution is -2.43. The second-order valence-corrected chi connectivity index (χ2v) is 9.87. The molecule has 0 unspecified atom stereocenters. The van der Waals surface area contributed by atoms with Gasteiger partial charge >= 0.3 is 6.18 Å². The molecule has 39 heavy (non-hydrogen) atoms. The highest BCUT2D eigenvalue weighted by Gasteiger charge is 2.37. The molecule has 3 aromatic rings. The number of benzene rings is 3. The Morgan fingerprint density at radius 3 is 2.41 bits per heavy atom. The van der Waals surface area contributed by atoms with Crippen LogP contribution in [-0.4, -0.2) is 42.5 Å². The molecule has 0 spiro atoms. The molecule has 5 nitrogen and oxygen atoms in total. The average molecular weight is 545 g/mol. The molecule has 1 aliphatic rings. The van der Waals surface area contributed by atoms with Crippen molar-refractivity contribution in [2.24, 2.45) is 0 Å². The Labute approximate surface area is 225 Å². The zero-order chi connectivity index (χ0) is 28.0. The Morgan fingerprint density at radius 1 is 1.05 bits per heavy atom. The fourth-order valence-electron chi connectivity index (χ4n) is 4.82.